The highest BCUT2D eigenvalue weighted by atomic mass is 16.3. The van der Waals surface area contributed by atoms with E-state index in [-0.39, 0.29) is 23.8 Å². The van der Waals surface area contributed by atoms with Gasteiger partial charge in [0, 0.05) is 17.5 Å². The zero-order valence-electron chi connectivity index (χ0n) is 15.7. The molecule has 0 unspecified atom stereocenters. The van der Waals surface area contributed by atoms with Crippen LogP contribution in [-0.4, -0.2) is 35.1 Å². The Morgan fingerprint density at radius 3 is 2.38 bits per heavy atom. The van der Waals surface area contributed by atoms with Crippen LogP contribution in [0.25, 0.3) is 0 Å². The van der Waals surface area contributed by atoms with Crippen molar-refractivity contribution in [2.45, 2.75) is 70.6 Å². The lowest BCUT2D eigenvalue weighted by molar-refractivity contribution is -0.126. The van der Waals surface area contributed by atoms with Gasteiger partial charge in [-0.25, -0.2) is 0 Å². The van der Waals surface area contributed by atoms with Crippen molar-refractivity contribution in [2.24, 2.45) is 11.8 Å². The SMILES string of the molecule is CC(C)Cc1ccc(C(=O)N[C@@H]2C[C@H](C(=O)NC3CCC3)C[C@H]2O)cc1. The minimum atomic E-state index is -0.670. The Morgan fingerprint density at radius 1 is 1.12 bits per heavy atom. The smallest absolute Gasteiger partial charge is 0.251 e. The maximum atomic E-state index is 12.5. The van der Waals surface area contributed by atoms with Gasteiger partial charge in [-0.05, 0) is 62.1 Å². The van der Waals surface area contributed by atoms with Crippen LogP contribution in [0.4, 0.5) is 0 Å². The summed E-state index contributed by atoms with van der Waals surface area (Å²) in [6.07, 6.45) is 4.50. The van der Waals surface area contributed by atoms with Crippen LogP contribution >= 0.6 is 0 Å². The number of nitrogens with one attached hydrogen (secondary N) is 2. The van der Waals surface area contributed by atoms with E-state index in [2.05, 4.69) is 24.5 Å². The van der Waals surface area contributed by atoms with E-state index >= 15 is 0 Å². The molecule has 1 aromatic rings. The van der Waals surface area contributed by atoms with Crippen molar-refractivity contribution in [2.75, 3.05) is 0 Å². The van der Waals surface area contributed by atoms with Gasteiger partial charge in [0.2, 0.25) is 5.91 Å². The number of benzene rings is 1. The number of aliphatic hydroxyl groups excluding tert-OH is 1. The Kier molecular flexibility index (Phi) is 5.97. The summed E-state index contributed by atoms with van der Waals surface area (Å²) in [7, 11) is 0. The number of amides is 2. The van der Waals surface area contributed by atoms with Crippen LogP contribution in [0.1, 0.15) is 61.9 Å². The molecule has 3 N–H and O–H groups in total. The van der Waals surface area contributed by atoms with Crippen molar-refractivity contribution in [3.8, 4) is 0 Å². The Labute approximate surface area is 155 Å². The molecule has 2 aliphatic rings. The van der Waals surface area contributed by atoms with Crippen molar-refractivity contribution < 1.29 is 14.7 Å². The van der Waals surface area contributed by atoms with Gasteiger partial charge in [0.25, 0.3) is 5.91 Å². The van der Waals surface area contributed by atoms with Gasteiger partial charge in [-0.3, -0.25) is 9.59 Å². The maximum Gasteiger partial charge on any atom is 0.251 e. The van der Waals surface area contributed by atoms with Gasteiger partial charge < -0.3 is 15.7 Å². The molecular weight excluding hydrogens is 328 g/mol. The second-order valence-corrected chi connectivity index (χ2v) is 8.25. The topological polar surface area (TPSA) is 78.4 Å². The monoisotopic (exact) mass is 358 g/mol. The highest BCUT2D eigenvalue weighted by Gasteiger charge is 2.38. The molecule has 0 heterocycles. The van der Waals surface area contributed by atoms with E-state index in [4.69, 9.17) is 0 Å². The lowest BCUT2D eigenvalue weighted by Gasteiger charge is -2.27. The summed E-state index contributed by atoms with van der Waals surface area (Å²) in [5, 5.41) is 16.2. The van der Waals surface area contributed by atoms with Gasteiger partial charge in [-0.1, -0.05) is 26.0 Å². The average molecular weight is 358 g/mol. The van der Waals surface area contributed by atoms with E-state index in [0.29, 0.717) is 30.4 Å². The van der Waals surface area contributed by atoms with Crippen LogP contribution in [0.2, 0.25) is 0 Å². The second kappa shape index (κ2) is 8.21. The predicted octanol–water partition coefficient (Wildman–Crippen LogP) is 2.42. The standard InChI is InChI=1S/C21H30N2O3/c1-13(2)10-14-6-8-15(9-7-14)20(25)23-18-11-16(12-19(18)24)21(26)22-17-4-3-5-17/h6-9,13,16-19,24H,3-5,10-12H2,1-2H3,(H,22,26)(H,23,25)/t16-,18+,19+/m0/s1. The molecule has 0 radical (unpaired) electrons. The van der Waals surface area contributed by atoms with Gasteiger partial charge in [0.1, 0.15) is 0 Å². The summed E-state index contributed by atoms with van der Waals surface area (Å²) >= 11 is 0. The molecule has 26 heavy (non-hydrogen) atoms. The fourth-order valence-electron chi connectivity index (χ4n) is 3.77. The van der Waals surface area contributed by atoms with Crippen LogP contribution in [0.3, 0.4) is 0 Å². The Bertz CT molecular complexity index is 637. The first kappa shape index (κ1) is 18.9. The lowest BCUT2D eigenvalue weighted by atomic mass is 9.92. The second-order valence-electron chi connectivity index (χ2n) is 8.25. The highest BCUT2D eigenvalue weighted by Crippen LogP contribution is 2.28. The van der Waals surface area contributed by atoms with E-state index in [0.717, 1.165) is 19.3 Å². The van der Waals surface area contributed by atoms with Gasteiger partial charge in [0.15, 0.2) is 0 Å². The first-order valence-electron chi connectivity index (χ1n) is 9.80. The van der Waals surface area contributed by atoms with Crippen molar-refractivity contribution in [1.82, 2.24) is 10.6 Å². The van der Waals surface area contributed by atoms with Crippen LogP contribution in [-0.2, 0) is 11.2 Å². The summed E-state index contributed by atoms with van der Waals surface area (Å²) in [6, 6.07) is 7.56. The molecule has 2 aliphatic carbocycles. The van der Waals surface area contributed by atoms with Crippen molar-refractivity contribution in [3.05, 3.63) is 35.4 Å². The average Bonchev–Trinajstić information content (AvgIpc) is 2.92. The molecule has 0 spiro atoms. The molecule has 2 saturated carbocycles. The van der Waals surface area contributed by atoms with Crippen LogP contribution in [0, 0.1) is 11.8 Å². The molecule has 5 heteroatoms. The summed E-state index contributed by atoms with van der Waals surface area (Å²) in [5.41, 5.74) is 1.80. The summed E-state index contributed by atoms with van der Waals surface area (Å²) in [6.45, 7) is 4.33. The third-order valence-electron chi connectivity index (χ3n) is 5.53. The highest BCUT2D eigenvalue weighted by molar-refractivity contribution is 5.94. The Hall–Kier alpha value is -1.88. The zero-order valence-corrected chi connectivity index (χ0v) is 15.7. The van der Waals surface area contributed by atoms with Gasteiger partial charge in [-0.15, -0.1) is 0 Å². The number of carbonyl (C=O) groups is 2. The van der Waals surface area contributed by atoms with E-state index in [1.165, 1.54) is 12.0 Å². The van der Waals surface area contributed by atoms with Crippen molar-refractivity contribution in [1.29, 1.82) is 0 Å². The molecular formula is C21H30N2O3. The Balaban J connectivity index is 1.52. The van der Waals surface area contributed by atoms with E-state index < -0.39 is 6.10 Å². The first-order chi connectivity index (χ1) is 12.4. The van der Waals surface area contributed by atoms with Crippen LogP contribution < -0.4 is 10.6 Å². The molecule has 1 aromatic carbocycles. The third kappa shape index (κ3) is 4.64. The minimum Gasteiger partial charge on any atom is -0.391 e. The molecule has 2 amide bonds. The Morgan fingerprint density at radius 2 is 1.81 bits per heavy atom. The van der Waals surface area contributed by atoms with E-state index in [9.17, 15) is 14.7 Å². The number of carbonyl (C=O) groups excluding carboxylic acids is 2. The lowest BCUT2D eigenvalue weighted by Crippen LogP contribution is -2.42. The molecule has 0 saturated heterocycles. The quantitative estimate of drug-likeness (QED) is 0.731. The van der Waals surface area contributed by atoms with Crippen molar-refractivity contribution >= 4 is 11.8 Å². The number of hydrogen-bond acceptors (Lipinski definition) is 3. The molecule has 3 atom stereocenters. The normalized spacial score (nSPS) is 25.8. The maximum absolute atomic E-state index is 12.5. The molecule has 0 aromatic heterocycles. The number of aliphatic hydroxyl groups is 1. The van der Waals surface area contributed by atoms with Crippen molar-refractivity contribution in [3.63, 3.8) is 0 Å². The third-order valence-corrected chi connectivity index (χ3v) is 5.53. The van der Waals surface area contributed by atoms with Crippen LogP contribution in [0.15, 0.2) is 24.3 Å². The van der Waals surface area contributed by atoms with E-state index in [1.807, 2.05) is 24.3 Å². The molecule has 0 aliphatic heterocycles. The van der Waals surface area contributed by atoms with Gasteiger partial charge in [-0.2, -0.15) is 0 Å². The van der Waals surface area contributed by atoms with E-state index in [1.54, 1.807) is 0 Å². The summed E-state index contributed by atoms with van der Waals surface area (Å²) in [4.78, 5) is 24.8. The fourth-order valence-corrected chi connectivity index (χ4v) is 3.77. The molecule has 5 nitrogen and oxygen atoms in total. The fraction of sp³-hybridized carbons (Fsp3) is 0.619. The molecule has 3 rings (SSSR count). The van der Waals surface area contributed by atoms with Gasteiger partial charge >= 0.3 is 0 Å². The summed E-state index contributed by atoms with van der Waals surface area (Å²) in [5.74, 6) is 0.185. The first-order valence-corrected chi connectivity index (χ1v) is 9.80. The zero-order chi connectivity index (χ0) is 18.7. The number of hydrogen-bond donors (Lipinski definition) is 3. The van der Waals surface area contributed by atoms with Gasteiger partial charge in [0.05, 0.1) is 12.1 Å². The molecule has 142 valence electrons. The molecule has 0 bridgehead atoms. The van der Waals surface area contributed by atoms with Crippen LogP contribution in [0.5, 0.6) is 0 Å². The predicted molar refractivity (Wildman–Crippen MR) is 101 cm³/mol. The minimum absolute atomic E-state index is 0.0172. The largest absolute Gasteiger partial charge is 0.391 e. The molecule has 2 fully saturated rings. The summed E-state index contributed by atoms with van der Waals surface area (Å²) < 4.78 is 0. The number of rotatable bonds is 6.